The fourth-order valence-corrected chi connectivity index (χ4v) is 6.39. The Morgan fingerprint density at radius 3 is 1.88 bits per heavy atom. The number of hydrogen-bond acceptors (Lipinski definition) is 3. The van der Waals surface area contributed by atoms with Gasteiger partial charge in [0.2, 0.25) is 0 Å². The van der Waals surface area contributed by atoms with E-state index in [9.17, 15) is 49.4 Å². The number of carbonyl (C=O) groups is 1. The molecule has 0 aromatic heterocycles. The number of nitrogens with one attached hydrogen (secondary N) is 1. The second-order valence-corrected chi connectivity index (χ2v) is 10.0. The van der Waals surface area contributed by atoms with E-state index in [1.807, 2.05) is 5.32 Å². The van der Waals surface area contributed by atoms with E-state index in [-0.39, 0.29) is 38.5 Å². The van der Waals surface area contributed by atoms with E-state index in [0.29, 0.717) is 0 Å². The number of Topliss-reactive ketones (excluding diaryl/α,β-unsaturated/α-hetero) is 1. The minimum absolute atomic E-state index is 0.0143. The molecule has 1 saturated heterocycles. The molecule has 3 aliphatic rings. The Morgan fingerprint density at radius 1 is 0.882 bits per heavy atom. The van der Waals surface area contributed by atoms with E-state index in [2.05, 4.69) is 0 Å². The van der Waals surface area contributed by atoms with Gasteiger partial charge in [-0.1, -0.05) is 0 Å². The summed E-state index contributed by atoms with van der Waals surface area (Å²) in [4.78, 5) is 13.5. The second kappa shape index (κ2) is 10.5. The molecule has 1 heterocycles. The van der Waals surface area contributed by atoms with Crippen molar-refractivity contribution in [3.63, 3.8) is 0 Å². The van der Waals surface area contributed by atoms with Gasteiger partial charge in [0.1, 0.15) is 18.0 Å². The summed E-state index contributed by atoms with van der Waals surface area (Å²) in [5, 5.41) is 11.8. The van der Waals surface area contributed by atoms with Crippen molar-refractivity contribution < 1.29 is 49.4 Å². The third-order valence-electron chi connectivity index (χ3n) is 8.10. The minimum Gasteiger partial charge on any atom is -0.396 e. The first-order valence-corrected chi connectivity index (χ1v) is 11.7. The van der Waals surface area contributed by atoms with Gasteiger partial charge in [0.25, 0.3) is 6.43 Å². The van der Waals surface area contributed by atoms with E-state index in [1.54, 1.807) is 0 Å². The molecule has 0 bridgehead atoms. The van der Waals surface area contributed by atoms with E-state index >= 15 is 0 Å². The number of halogens is 9. The molecule has 0 radical (unpaired) electrons. The van der Waals surface area contributed by atoms with E-state index < -0.39 is 97.8 Å². The van der Waals surface area contributed by atoms with Crippen molar-refractivity contribution >= 4 is 5.78 Å². The van der Waals surface area contributed by atoms with Crippen LogP contribution >= 0.6 is 0 Å². The van der Waals surface area contributed by atoms with Gasteiger partial charge >= 0.3 is 12.4 Å². The lowest BCUT2D eigenvalue weighted by Gasteiger charge is -2.51. The highest BCUT2D eigenvalue weighted by Crippen LogP contribution is 2.50. The normalized spacial score (nSPS) is 40.4. The van der Waals surface area contributed by atoms with Crippen LogP contribution in [0.4, 0.5) is 39.5 Å². The van der Waals surface area contributed by atoms with E-state index in [4.69, 9.17) is 0 Å². The van der Waals surface area contributed by atoms with E-state index in [0.717, 1.165) is 0 Å². The predicted octanol–water partition coefficient (Wildman–Crippen LogP) is 5.46. The Morgan fingerprint density at radius 2 is 1.44 bits per heavy atom. The number of carbonyl (C=O) groups excluding carboxylic acids is 1. The molecule has 2 N–H and O–H groups in total. The topological polar surface area (TPSA) is 49.3 Å². The molecule has 198 valence electrons. The molecule has 3 fully saturated rings. The highest BCUT2D eigenvalue weighted by Gasteiger charge is 2.60. The largest absolute Gasteiger partial charge is 0.404 e. The smallest absolute Gasteiger partial charge is 0.396 e. The number of hydrogen-bond donors (Lipinski definition) is 2. The van der Waals surface area contributed by atoms with Crippen LogP contribution in [0.25, 0.3) is 0 Å². The van der Waals surface area contributed by atoms with Gasteiger partial charge in [-0.25, -0.2) is 13.2 Å². The SMILES string of the molecule is O=C(C1CCC(C(F)(F)F)CC1)C1C(C2CCC(F)CC2)C(CO)C(C(F)F)NC1C(F)(F)F. The fraction of sp³-hybridized carbons (Fsp3) is 0.955. The van der Waals surface area contributed by atoms with Crippen LogP contribution in [0, 0.1) is 35.5 Å². The number of alkyl halides is 9. The molecule has 5 atom stereocenters. The quantitative estimate of drug-likeness (QED) is 0.482. The van der Waals surface area contributed by atoms with Gasteiger partial charge in [0, 0.05) is 24.4 Å². The summed E-state index contributed by atoms with van der Waals surface area (Å²) in [5.41, 5.74) is 0. The monoisotopic (exact) mass is 511 g/mol. The predicted molar refractivity (Wildman–Crippen MR) is 104 cm³/mol. The Hall–Kier alpha value is -1.04. The maximum Gasteiger partial charge on any atom is 0.404 e. The third kappa shape index (κ3) is 5.84. The highest BCUT2D eigenvalue weighted by molar-refractivity contribution is 5.85. The molecule has 3 nitrogen and oxygen atoms in total. The van der Waals surface area contributed by atoms with Crippen LogP contribution in [0.1, 0.15) is 51.4 Å². The minimum atomic E-state index is -5.08. The number of ketones is 1. The molecule has 2 saturated carbocycles. The summed E-state index contributed by atoms with van der Waals surface area (Å²) in [6, 6.07) is -4.63. The van der Waals surface area contributed by atoms with Gasteiger partial charge in [-0.05, 0) is 63.2 Å². The van der Waals surface area contributed by atoms with Crippen molar-refractivity contribution in [2.45, 2.75) is 88.4 Å². The van der Waals surface area contributed by atoms with Crippen molar-refractivity contribution in [1.29, 1.82) is 0 Å². The van der Waals surface area contributed by atoms with Crippen molar-refractivity contribution in [1.82, 2.24) is 5.32 Å². The zero-order valence-electron chi connectivity index (χ0n) is 18.4. The summed E-state index contributed by atoms with van der Waals surface area (Å²) in [7, 11) is 0. The van der Waals surface area contributed by atoms with Crippen LogP contribution in [-0.2, 0) is 4.79 Å². The zero-order chi connectivity index (χ0) is 25.4. The van der Waals surface area contributed by atoms with Crippen molar-refractivity contribution in [2.24, 2.45) is 35.5 Å². The number of rotatable bonds is 5. The van der Waals surface area contributed by atoms with Crippen LogP contribution in [0.5, 0.6) is 0 Å². The lowest BCUT2D eigenvalue weighted by molar-refractivity contribution is -0.205. The molecule has 2 aliphatic carbocycles. The van der Waals surface area contributed by atoms with Gasteiger partial charge in [-0.3, -0.25) is 10.1 Å². The lowest BCUT2D eigenvalue weighted by atomic mass is 9.59. The molecule has 0 spiro atoms. The Bertz CT molecular complexity index is 683. The number of aliphatic hydroxyl groups excluding tert-OH is 1. The van der Waals surface area contributed by atoms with Crippen molar-refractivity contribution in [2.75, 3.05) is 6.61 Å². The molecular weight excluding hydrogens is 481 g/mol. The number of aliphatic hydroxyl groups is 1. The van der Waals surface area contributed by atoms with Gasteiger partial charge < -0.3 is 5.11 Å². The Labute approximate surface area is 191 Å². The maximum absolute atomic E-state index is 14.1. The molecule has 34 heavy (non-hydrogen) atoms. The summed E-state index contributed by atoms with van der Waals surface area (Å²) < 4.78 is 123. The van der Waals surface area contributed by atoms with Crippen LogP contribution in [-0.4, -0.2) is 54.5 Å². The fourth-order valence-electron chi connectivity index (χ4n) is 6.39. The summed E-state index contributed by atoms with van der Waals surface area (Å²) in [6.45, 7) is -0.891. The first-order chi connectivity index (χ1) is 15.8. The molecular formula is C22H30F9NO2. The Kier molecular flexibility index (Phi) is 8.52. The second-order valence-electron chi connectivity index (χ2n) is 10.0. The van der Waals surface area contributed by atoms with Gasteiger partial charge in [0.05, 0.1) is 12.0 Å². The molecule has 1 aliphatic heterocycles. The first-order valence-electron chi connectivity index (χ1n) is 11.7. The van der Waals surface area contributed by atoms with Crippen LogP contribution in [0.3, 0.4) is 0 Å². The molecule has 0 amide bonds. The van der Waals surface area contributed by atoms with Crippen molar-refractivity contribution in [3.05, 3.63) is 0 Å². The maximum atomic E-state index is 14.1. The van der Waals surface area contributed by atoms with Gasteiger partial charge in [0.15, 0.2) is 0 Å². The molecule has 0 aromatic carbocycles. The van der Waals surface area contributed by atoms with Crippen LogP contribution in [0.15, 0.2) is 0 Å². The van der Waals surface area contributed by atoms with Crippen LogP contribution in [0.2, 0.25) is 0 Å². The molecule has 12 heteroatoms. The zero-order valence-corrected chi connectivity index (χ0v) is 18.4. The molecule has 3 rings (SSSR count). The average Bonchev–Trinajstić information content (AvgIpc) is 2.76. The van der Waals surface area contributed by atoms with E-state index in [1.165, 1.54) is 0 Å². The molecule has 0 aromatic rings. The summed E-state index contributed by atoms with van der Waals surface area (Å²) in [6.07, 6.45) is -15.0. The van der Waals surface area contributed by atoms with Gasteiger partial charge in [-0.2, -0.15) is 26.3 Å². The van der Waals surface area contributed by atoms with Gasteiger partial charge in [-0.15, -0.1) is 0 Å². The highest BCUT2D eigenvalue weighted by atomic mass is 19.4. The Balaban J connectivity index is 1.95. The van der Waals surface area contributed by atoms with Crippen LogP contribution < -0.4 is 5.32 Å². The van der Waals surface area contributed by atoms with Crippen molar-refractivity contribution in [3.8, 4) is 0 Å². The average molecular weight is 511 g/mol. The standard InChI is InChI=1S/C22H30F9NO2/c23-13-7-3-10(4-8-13)15-14(9-33)17(20(24)25)32-19(22(29,30)31)16(15)18(34)11-1-5-12(6-2-11)21(26,27)28/h10-17,19-20,32-33H,1-9H2. The third-order valence-corrected chi connectivity index (χ3v) is 8.10. The number of piperidine rings is 1. The summed E-state index contributed by atoms with van der Waals surface area (Å²) in [5.74, 6) is -8.76. The first kappa shape index (κ1) is 27.5. The summed E-state index contributed by atoms with van der Waals surface area (Å²) >= 11 is 0. The lowest BCUT2D eigenvalue weighted by Crippen LogP contribution is -2.68. The molecule has 5 unspecified atom stereocenters.